The molecule has 1 saturated carbocycles. The molecule has 1 fully saturated rings. The van der Waals surface area contributed by atoms with Crippen molar-refractivity contribution in [3.8, 4) is 5.75 Å². The summed E-state index contributed by atoms with van der Waals surface area (Å²) in [5.41, 5.74) is 0.305. The molecule has 0 aliphatic heterocycles. The quantitative estimate of drug-likeness (QED) is 0.722. The maximum Gasteiger partial charge on any atom is 0.433 e. The summed E-state index contributed by atoms with van der Waals surface area (Å²) < 4.78 is 43.2. The summed E-state index contributed by atoms with van der Waals surface area (Å²) in [6.07, 6.45) is 1.97. The molecule has 2 aromatic heterocycles. The van der Waals surface area contributed by atoms with Crippen LogP contribution in [0, 0.1) is 0 Å². The smallest absolute Gasteiger partial charge is 0.433 e. The van der Waals surface area contributed by atoms with Gasteiger partial charge in [-0.3, -0.25) is 4.98 Å². The highest BCUT2D eigenvalue weighted by Crippen LogP contribution is 2.30. The summed E-state index contributed by atoms with van der Waals surface area (Å²) >= 11 is 0. The predicted octanol–water partition coefficient (Wildman–Crippen LogP) is 4.35. The molecular weight excluding hydrogens is 355 g/mol. The van der Waals surface area contributed by atoms with Crippen LogP contribution in [0.15, 0.2) is 55.0 Å². The largest absolute Gasteiger partial charge is 0.489 e. The van der Waals surface area contributed by atoms with Crippen molar-refractivity contribution in [2.24, 2.45) is 0 Å². The fraction of sp³-hybridized carbons (Fsp3) is 0.300. The van der Waals surface area contributed by atoms with Gasteiger partial charge in [-0.05, 0) is 42.0 Å². The maximum atomic E-state index is 12.5. The molecule has 0 atom stereocenters. The summed E-state index contributed by atoms with van der Waals surface area (Å²) in [4.78, 5) is 7.56. The fourth-order valence-corrected chi connectivity index (χ4v) is 3.24. The van der Waals surface area contributed by atoms with Gasteiger partial charge in [0.1, 0.15) is 17.5 Å². The number of hydrogen-bond acceptors (Lipinski definition) is 4. The van der Waals surface area contributed by atoms with Crippen molar-refractivity contribution in [3.63, 3.8) is 0 Å². The molecule has 0 saturated heterocycles. The lowest BCUT2D eigenvalue weighted by Crippen LogP contribution is -2.46. The molecule has 4 nitrogen and oxygen atoms in total. The Morgan fingerprint density at radius 3 is 2.67 bits per heavy atom. The first-order chi connectivity index (χ1) is 13.0. The third-order valence-electron chi connectivity index (χ3n) is 4.78. The van der Waals surface area contributed by atoms with Crippen LogP contribution in [0.1, 0.15) is 24.1 Å². The molecular formula is C20H18F3N3O. The van der Waals surface area contributed by atoms with Gasteiger partial charge < -0.3 is 10.1 Å². The minimum absolute atomic E-state index is 0.00208. The summed E-state index contributed by atoms with van der Waals surface area (Å²) in [5, 5.41) is 5.80. The van der Waals surface area contributed by atoms with Crippen molar-refractivity contribution in [1.82, 2.24) is 15.3 Å². The monoisotopic (exact) mass is 373 g/mol. The van der Waals surface area contributed by atoms with E-state index in [2.05, 4.69) is 21.4 Å². The maximum absolute atomic E-state index is 12.5. The number of nitrogens with one attached hydrogen (secondary N) is 1. The molecule has 7 heteroatoms. The zero-order valence-electron chi connectivity index (χ0n) is 14.4. The molecule has 0 radical (unpaired) electrons. The van der Waals surface area contributed by atoms with Gasteiger partial charge in [-0.25, -0.2) is 4.98 Å². The predicted molar refractivity (Wildman–Crippen MR) is 95.3 cm³/mol. The molecule has 1 N–H and O–H groups in total. The van der Waals surface area contributed by atoms with Crippen molar-refractivity contribution in [2.45, 2.75) is 37.7 Å². The number of halogens is 3. The van der Waals surface area contributed by atoms with Crippen LogP contribution in [0.2, 0.25) is 0 Å². The molecule has 1 aliphatic carbocycles. The number of alkyl halides is 3. The van der Waals surface area contributed by atoms with Gasteiger partial charge in [-0.1, -0.05) is 18.2 Å². The average molecular weight is 373 g/mol. The van der Waals surface area contributed by atoms with Crippen LogP contribution in [0.3, 0.4) is 0 Å². The molecule has 27 heavy (non-hydrogen) atoms. The van der Waals surface area contributed by atoms with E-state index in [0.29, 0.717) is 11.8 Å². The molecule has 0 spiro atoms. The van der Waals surface area contributed by atoms with Gasteiger partial charge in [0.25, 0.3) is 0 Å². The van der Waals surface area contributed by atoms with Gasteiger partial charge in [-0.2, -0.15) is 13.2 Å². The Balaban J connectivity index is 1.27. The molecule has 1 aliphatic rings. The van der Waals surface area contributed by atoms with E-state index >= 15 is 0 Å². The standard InChI is InChI=1S/C20H18F3N3O/c21-20(22,23)19-5-4-16(12-26-19)27-17-8-15(9-17)25-11-14-3-1-2-13-10-24-7-6-18(13)14/h1-7,10,12,15,17,25H,8-9,11H2. The van der Waals surface area contributed by atoms with E-state index in [1.54, 1.807) is 6.20 Å². The normalized spacial score (nSPS) is 19.7. The van der Waals surface area contributed by atoms with Gasteiger partial charge in [0.2, 0.25) is 0 Å². The van der Waals surface area contributed by atoms with Crippen molar-refractivity contribution < 1.29 is 17.9 Å². The minimum Gasteiger partial charge on any atom is -0.489 e. The zero-order chi connectivity index (χ0) is 18.9. The van der Waals surface area contributed by atoms with E-state index in [4.69, 9.17) is 4.74 Å². The van der Waals surface area contributed by atoms with Gasteiger partial charge in [0, 0.05) is 30.4 Å². The van der Waals surface area contributed by atoms with E-state index in [1.165, 1.54) is 17.0 Å². The molecule has 0 amide bonds. The Labute approximate surface area is 154 Å². The molecule has 140 valence electrons. The lowest BCUT2D eigenvalue weighted by atomic mass is 9.89. The van der Waals surface area contributed by atoms with Crippen molar-refractivity contribution in [1.29, 1.82) is 0 Å². The number of hydrogen-bond donors (Lipinski definition) is 1. The van der Waals surface area contributed by atoms with Gasteiger partial charge >= 0.3 is 6.18 Å². The Morgan fingerprint density at radius 1 is 1.07 bits per heavy atom. The van der Waals surface area contributed by atoms with Crippen molar-refractivity contribution >= 4 is 10.8 Å². The van der Waals surface area contributed by atoms with Gasteiger partial charge in [0.05, 0.1) is 6.20 Å². The fourth-order valence-electron chi connectivity index (χ4n) is 3.24. The second kappa shape index (κ2) is 7.15. The first-order valence-electron chi connectivity index (χ1n) is 8.74. The molecule has 0 bridgehead atoms. The first-order valence-corrected chi connectivity index (χ1v) is 8.74. The SMILES string of the molecule is FC(F)(F)c1ccc(OC2CC(NCc3cccc4cnccc34)C2)cn1. The third-order valence-corrected chi connectivity index (χ3v) is 4.78. The first kappa shape index (κ1) is 17.7. The number of aromatic nitrogens is 2. The summed E-state index contributed by atoms with van der Waals surface area (Å²) in [5.74, 6) is 0.369. The highest BCUT2D eigenvalue weighted by atomic mass is 19.4. The number of ether oxygens (including phenoxy) is 1. The van der Waals surface area contributed by atoms with E-state index in [9.17, 15) is 13.2 Å². The number of pyridine rings is 2. The zero-order valence-corrected chi connectivity index (χ0v) is 14.4. The molecule has 1 aromatic carbocycles. The van der Waals surface area contributed by atoms with Crippen LogP contribution >= 0.6 is 0 Å². The summed E-state index contributed by atoms with van der Waals surface area (Å²) in [6, 6.07) is 10.8. The van der Waals surface area contributed by atoms with Crippen LogP contribution in [0.4, 0.5) is 13.2 Å². The van der Waals surface area contributed by atoms with Crippen molar-refractivity contribution in [2.75, 3.05) is 0 Å². The lowest BCUT2D eigenvalue weighted by molar-refractivity contribution is -0.141. The van der Waals surface area contributed by atoms with E-state index in [0.717, 1.165) is 37.0 Å². The Bertz CT molecular complexity index is 916. The Hall–Kier alpha value is -2.67. The molecule has 0 unspecified atom stereocenters. The van der Waals surface area contributed by atoms with Crippen LogP contribution < -0.4 is 10.1 Å². The molecule has 3 aromatic rings. The van der Waals surface area contributed by atoms with Crippen LogP contribution in [-0.4, -0.2) is 22.1 Å². The van der Waals surface area contributed by atoms with Crippen LogP contribution in [0.25, 0.3) is 10.8 Å². The Morgan fingerprint density at radius 2 is 1.93 bits per heavy atom. The van der Waals surface area contributed by atoms with E-state index in [-0.39, 0.29) is 6.10 Å². The summed E-state index contributed by atoms with van der Waals surface area (Å²) in [7, 11) is 0. The molecule has 4 rings (SSSR count). The number of fused-ring (bicyclic) bond motifs is 1. The number of benzene rings is 1. The number of rotatable bonds is 5. The van der Waals surface area contributed by atoms with Crippen LogP contribution in [-0.2, 0) is 12.7 Å². The average Bonchev–Trinajstić information content (AvgIpc) is 2.63. The van der Waals surface area contributed by atoms with E-state index < -0.39 is 11.9 Å². The Kier molecular flexibility index (Phi) is 4.70. The minimum atomic E-state index is -4.43. The van der Waals surface area contributed by atoms with Gasteiger partial charge in [0.15, 0.2) is 0 Å². The highest BCUT2D eigenvalue weighted by Gasteiger charge is 2.33. The van der Waals surface area contributed by atoms with Gasteiger partial charge in [-0.15, -0.1) is 0 Å². The second-order valence-corrected chi connectivity index (χ2v) is 6.68. The van der Waals surface area contributed by atoms with Crippen LogP contribution in [0.5, 0.6) is 5.75 Å². The highest BCUT2D eigenvalue weighted by molar-refractivity contribution is 5.84. The third kappa shape index (κ3) is 4.03. The summed E-state index contributed by atoms with van der Waals surface area (Å²) in [6.45, 7) is 0.751. The lowest BCUT2D eigenvalue weighted by Gasteiger charge is -2.36. The van der Waals surface area contributed by atoms with Crippen molar-refractivity contribution in [3.05, 3.63) is 66.2 Å². The van der Waals surface area contributed by atoms with E-state index in [1.807, 2.05) is 24.4 Å². The number of nitrogens with zero attached hydrogens (tertiary/aromatic N) is 2. The molecule has 2 heterocycles. The topological polar surface area (TPSA) is 47.0 Å². The second-order valence-electron chi connectivity index (χ2n) is 6.68.